The minimum absolute atomic E-state index is 0.553. The third-order valence-corrected chi connectivity index (χ3v) is 2.47. The Balaban J connectivity index is 2.80. The molecule has 0 saturated heterocycles. The average Bonchev–Trinajstić information content (AvgIpc) is 2.52. The van der Waals surface area contributed by atoms with Gasteiger partial charge in [-0.3, -0.25) is 0 Å². The molecule has 0 radical (unpaired) electrons. The van der Waals surface area contributed by atoms with Gasteiger partial charge in [-0.2, -0.15) is 0 Å². The van der Waals surface area contributed by atoms with E-state index in [1.54, 1.807) is 0 Å². The summed E-state index contributed by atoms with van der Waals surface area (Å²) in [6, 6.07) is 0. The van der Waals surface area contributed by atoms with Gasteiger partial charge in [-0.25, -0.2) is 0 Å². The average molecular weight is 178 g/mol. The number of hydrogen-bond acceptors (Lipinski definition) is 1. The van der Waals surface area contributed by atoms with Gasteiger partial charge >= 0.3 is 80.7 Å². The SMILES string of the molecule is CCCC(C)c1nb[nH]c1C(C)C. The summed E-state index contributed by atoms with van der Waals surface area (Å²) in [4.78, 5) is 7.63. The van der Waals surface area contributed by atoms with Gasteiger partial charge in [-0.15, -0.1) is 0 Å². The maximum absolute atomic E-state index is 4.40. The summed E-state index contributed by atoms with van der Waals surface area (Å²) in [5, 5.41) is 0. The molecule has 1 aromatic rings. The van der Waals surface area contributed by atoms with E-state index in [0.29, 0.717) is 11.8 Å². The van der Waals surface area contributed by atoms with Crippen LogP contribution in [-0.4, -0.2) is 17.0 Å². The van der Waals surface area contributed by atoms with Crippen LogP contribution in [0.25, 0.3) is 0 Å². The van der Waals surface area contributed by atoms with Crippen molar-refractivity contribution in [2.75, 3.05) is 0 Å². The van der Waals surface area contributed by atoms with Crippen molar-refractivity contribution in [3.8, 4) is 0 Å². The molecule has 1 N–H and O–H groups in total. The Morgan fingerprint density at radius 3 is 2.62 bits per heavy atom. The second-order valence-electron chi connectivity index (χ2n) is 4.05. The first-order valence-electron chi connectivity index (χ1n) is 5.20. The van der Waals surface area contributed by atoms with E-state index in [1.807, 2.05) is 7.19 Å². The summed E-state index contributed by atoms with van der Waals surface area (Å²) in [6.07, 6.45) is 2.45. The molecule has 0 bridgehead atoms. The van der Waals surface area contributed by atoms with Crippen molar-refractivity contribution in [2.24, 2.45) is 0 Å². The molecule has 72 valence electrons. The molecule has 2 nitrogen and oxygen atoms in total. The number of aromatic amines is 1. The van der Waals surface area contributed by atoms with Crippen molar-refractivity contribution < 1.29 is 0 Å². The van der Waals surface area contributed by atoms with E-state index in [1.165, 1.54) is 24.2 Å². The van der Waals surface area contributed by atoms with Gasteiger partial charge in [0.15, 0.2) is 0 Å². The third kappa shape index (κ3) is 2.42. The van der Waals surface area contributed by atoms with Crippen LogP contribution in [0.4, 0.5) is 0 Å². The summed E-state index contributed by atoms with van der Waals surface area (Å²) < 4.78 is 0. The Labute approximate surface area is 81.4 Å². The first-order chi connectivity index (χ1) is 6.16. The van der Waals surface area contributed by atoms with Crippen LogP contribution < -0.4 is 0 Å². The third-order valence-electron chi connectivity index (χ3n) is 2.47. The van der Waals surface area contributed by atoms with Gasteiger partial charge in [0.25, 0.3) is 0 Å². The zero-order valence-corrected chi connectivity index (χ0v) is 9.09. The first-order valence-corrected chi connectivity index (χ1v) is 5.20. The number of H-pyrrole nitrogens is 1. The molecule has 1 heterocycles. The molecule has 0 amide bonds. The van der Waals surface area contributed by atoms with E-state index < -0.39 is 0 Å². The van der Waals surface area contributed by atoms with Gasteiger partial charge in [0.05, 0.1) is 0 Å². The minimum atomic E-state index is 0.553. The molecule has 0 aliphatic carbocycles. The predicted molar refractivity (Wildman–Crippen MR) is 57.3 cm³/mol. The summed E-state index contributed by atoms with van der Waals surface area (Å²) in [5.41, 5.74) is 2.57. The topological polar surface area (TPSA) is 28.7 Å². The Kier molecular flexibility index (Phi) is 3.70. The predicted octanol–water partition coefficient (Wildman–Crippen LogP) is 2.77. The van der Waals surface area contributed by atoms with E-state index in [2.05, 4.69) is 37.5 Å². The van der Waals surface area contributed by atoms with Crippen LogP contribution in [0.2, 0.25) is 0 Å². The van der Waals surface area contributed by atoms with Crippen molar-refractivity contribution in [3.63, 3.8) is 0 Å². The molecule has 3 heteroatoms. The van der Waals surface area contributed by atoms with Crippen LogP contribution in [0.1, 0.15) is 63.8 Å². The number of rotatable bonds is 4. The van der Waals surface area contributed by atoms with Crippen LogP contribution in [0.15, 0.2) is 0 Å². The molecule has 1 unspecified atom stereocenters. The Morgan fingerprint density at radius 2 is 2.08 bits per heavy atom. The standard InChI is InChI=1S/C10H19BN2/c1-5-6-8(4)10-9(7(2)3)12-11-13-10/h7-8,12H,5-6H2,1-4H3. The van der Waals surface area contributed by atoms with Crippen LogP contribution >= 0.6 is 0 Å². The molecule has 1 rings (SSSR count). The van der Waals surface area contributed by atoms with Crippen molar-refractivity contribution >= 4 is 7.19 Å². The summed E-state index contributed by atoms with van der Waals surface area (Å²) in [5.74, 6) is 1.14. The molecule has 0 saturated carbocycles. The molecule has 0 spiro atoms. The zero-order valence-electron chi connectivity index (χ0n) is 9.09. The van der Waals surface area contributed by atoms with E-state index in [0.717, 1.165) is 0 Å². The number of hydrogen-bond donors (Lipinski definition) is 1. The van der Waals surface area contributed by atoms with Gasteiger partial charge in [0.1, 0.15) is 0 Å². The normalized spacial score (nSPS) is 13.3. The van der Waals surface area contributed by atoms with E-state index in [4.69, 9.17) is 0 Å². The van der Waals surface area contributed by atoms with Crippen molar-refractivity contribution in [1.82, 2.24) is 9.78 Å². The molecule has 0 aliphatic rings. The van der Waals surface area contributed by atoms with Gasteiger partial charge in [0, 0.05) is 0 Å². The van der Waals surface area contributed by atoms with Gasteiger partial charge in [0.2, 0.25) is 0 Å². The van der Waals surface area contributed by atoms with Gasteiger partial charge < -0.3 is 0 Å². The van der Waals surface area contributed by atoms with Crippen molar-refractivity contribution in [2.45, 2.75) is 52.4 Å². The maximum atomic E-state index is 4.40. The van der Waals surface area contributed by atoms with Crippen LogP contribution in [0.5, 0.6) is 0 Å². The Bertz CT molecular complexity index is 255. The van der Waals surface area contributed by atoms with Gasteiger partial charge in [-0.1, -0.05) is 0 Å². The fraction of sp³-hybridized carbons (Fsp3) is 0.800. The number of aromatic nitrogens is 2. The molecule has 0 fully saturated rings. The zero-order chi connectivity index (χ0) is 9.84. The van der Waals surface area contributed by atoms with E-state index >= 15 is 0 Å². The molecule has 0 aliphatic heterocycles. The fourth-order valence-corrected chi connectivity index (χ4v) is 1.74. The van der Waals surface area contributed by atoms with Crippen molar-refractivity contribution in [3.05, 3.63) is 11.4 Å². The van der Waals surface area contributed by atoms with Crippen LogP contribution in [0, 0.1) is 0 Å². The summed E-state index contributed by atoms with van der Waals surface area (Å²) >= 11 is 0. The van der Waals surface area contributed by atoms with Crippen LogP contribution in [-0.2, 0) is 0 Å². The first kappa shape index (κ1) is 10.5. The summed E-state index contributed by atoms with van der Waals surface area (Å²) in [7, 11) is 1.82. The van der Waals surface area contributed by atoms with Gasteiger partial charge in [-0.05, 0) is 0 Å². The second-order valence-corrected chi connectivity index (χ2v) is 4.05. The van der Waals surface area contributed by atoms with E-state index in [-0.39, 0.29) is 0 Å². The molecular formula is C10H19BN2. The molecule has 0 aromatic carbocycles. The molecule has 1 aromatic heterocycles. The molecule has 13 heavy (non-hydrogen) atoms. The number of nitrogens with zero attached hydrogens (tertiary/aromatic N) is 1. The monoisotopic (exact) mass is 178 g/mol. The Hall–Kier alpha value is -0.595. The fourth-order valence-electron chi connectivity index (χ4n) is 1.74. The number of nitrogens with one attached hydrogen (secondary N) is 1. The van der Waals surface area contributed by atoms with Crippen LogP contribution in [0.3, 0.4) is 0 Å². The molecular weight excluding hydrogens is 159 g/mol. The van der Waals surface area contributed by atoms with E-state index in [9.17, 15) is 0 Å². The quantitative estimate of drug-likeness (QED) is 0.754. The second kappa shape index (κ2) is 4.59. The summed E-state index contributed by atoms with van der Waals surface area (Å²) in [6.45, 7) is 8.88. The van der Waals surface area contributed by atoms with Crippen molar-refractivity contribution in [1.29, 1.82) is 0 Å². The molecule has 1 atom stereocenters. The Morgan fingerprint density at radius 1 is 1.38 bits per heavy atom.